The average Bonchev–Trinajstić information content (AvgIpc) is 2.86. The highest BCUT2D eigenvalue weighted by atomic mass is 35.5. The molecule has 0 heterocycles. The zero-order valence-corrected chi connectivity index (χ0v) is 23.0. The monoisotopic (exact) mass is 541 g/mol. The Balaban J connectivity index is 1.99. The number of nitrogens with one attached hydrogen (secondary N) is 1. The van der Waals surface area contributed by atoms with Crippen LogP contribution in [0.3, 0.4) is 0 Å². The van der Waals surface area contributed by atoms with Crippen LogP contribution in [0.2, 0.25) is 5.02 Å². The van der Waals surface area contributed by atoms with Gasteiger partial charge in [0.25, 0.3) is 10.0 Å². The minimum absolute atomic E-state index is 0.0643. The molecule has 9 heteroatoms. The molecule has 0 radical (unpaired) electrons. The highest BCUT2D eigenvalue weighted by Gasteiger charge is 2.33. The van der Waals surface area contributed by atoms with Gasteiger partial charge >= 0.3 is 0 Å². The normalized spacial score (nSPS) is 12.5. The third-order valence-electron chi connectivity index (χ3n) is 5.59. The zero-order valence-electron chi connectivity index (χ0n) is 21.4. The molecule has 0 saturated heterocycles. The van der Waals surface area contributed by atoms with E-state index < -0.39 is 34.1 Å². The van der Waals surface area contributed by atoms with Crippen molar-refractivity contribution in [3.05, 3.63) is 95.5 Å². The maximum atomic E-state index is 13.8. The van der Waals surface area contributed by atoms with E-state index in [0.717, 1.165) is 9.87 Å². The minimum atomic E-state index is -4.07. The molecule has 0 bridgehead atoms. The molecule has 7 nitrogen and oxygen atoms in total. The van der Waals surface area contributed by atoms with E-state index in [0.29, 0.717) is 10.7 Å². The van der Waals surface area contributed by atoms with E-state index in [1.807, 2.05) is 20.8 Å². The Hall–Kier alpha value is -3.36. The Bertz CT molecular complexity index is 1310. The SMILES string of the molecule is C[C@@H](C(=O)NC(C)(C)C)N(Cc1ccc(Cl)cc1)C(=O)CN(c1ccccc1)S(=O)(=O)c1ccccc1. The number of para-hydroxylation sites is 1. The summed E-state index contributed by atoms with van der Waals surface area (Å²) in [5, 5.41) is 3.45. The summed E-state index contributed by atoms with van der Waals surface area (Å²) in [6.45, 7) is 6.81. The van der Waals surface area contributed by atoms with Crippen LogP contribution < -0.4 is 9.62 Å². The Kier molecular flexibility index (Phi) is 8.99. The molecule has 1 N–H and O–H groups in total. The standard InChI is InChI=1S/C28H32ClN3O4S/c1-21(27(34)30-28(2,3)4)31(19-22-15-17-23(29)18-16-22)26(33)20-32(24-11-7-5-8-12-24)37(35,36)25-13-9-6-10-14-25/h5-18,21H,19-20H2,1-4H3,(H,30,34)/t21-/m0/s1. The van der Waals surface area contributed by atoms with Crippen LogP contribution in [0.4, 0.5) is 5.69 Å². The topological polar surface area (TPSA) is 86.8 Å². The molecular formula is C28H32ClN3O4S. The highest BCUT2D eigenvalue weighted by Crippen LogP contribution is 2.24. The number of amides is 2. The van der Waals surface area contributed by atoms with Gasteiger partial charge in [-0.1, -0.05) is 60.1 Å². The molecule has 0 spiro atoms. The van der Waals surface area contributed by atoms with Crippen molar-refractivity contribution in [1.82, 2.24) is 10.2 Å². The predicted octanol–water partition coefficient (Wildman–Crippen LogP) is 4.87. The van der Waals surface area contributed by atoms with Crippen LogP contribution in [0.1, 0.15) is 33.3 Å². The molecule has 0 aliphatic heterocycles. The lowest BCUT2D eigenvalue weighted by atomic mass is 10.1. The molecule has 0 aromatic heterocycles. The number of benzene rings is 3. The van der Waals surface area contributed by atoms with E-state index in [9.17, 15) is 18.0 Å². The smallest absolute Gasteiger partial charge is 0.264 e. The second kappa shape index (κ2) is 11.8. The maximum Gasteiger partial charge on any atom is 0.264 e. The van der Waals surface area contributed by atoms with Crippen LogP contribution in [0.5, 0.6) is 0 Å². The van der Waals surface area contributed by atoms with Crippen LogP contribution in [0, 0.1) is 0 Å². The van der Waals surface area contributed by atoms with Gasteiger partial charge in [-0.05, 0) is 69.7 Å². The summed E-state index contributed by atoms with van der Waals surface area (Å²) in [5.41, 5.74) is 0.593. The van der Waals surface area contributed by atoms with Crippen LogP contribution in [0.15, 0.2) is 89.8 Å². The van der Waals surface area contributed by atoms with Crippen LogP contribution in [0.25, 0.3) is 0 Å². The van der Waals surface area contributed by atoms with Gasteiger partial charge in [0.05, 0.1) is 10.6 Å². The highest BCUT2D eigenvalue weighted by molar-refractivity contribution is 7.92. The average molecular weight is 542 g/mol. The first kappa shape index (κ1) is 28.2. The lowest BCUT2D eigenvalue weighted by molar-refractivity contribution is -0.140. The molecular weight excluding hydrogens is 510 g/mol. The van der Waals surface area contributed by atoms with Gasteiger partial charge < -0.3 is 10.2 Å². The van der Waals surface area contributed by atoms with E-state index in [1.165, 1.54) is 17.0 Å². The molecule has 2 amide bonds. The summed E-state index contributed by atoms with van der Waals surface area (Å²) < 4.78 is 28.4. The van der Waals surface area contributed by atoms with Gasteiger partial charge in [-0.3, -0.25) is 13.9 Å². The van der Waals surface area contributed by atoms with E-state index >= 15 is 0 Å². The zero-order chi connectivity index (χ0) is 27.2. The second-order valence-electron chi connectivity index (χ2n) is 9.72. The molecule has 3 aromatic carbocycles. The quantitative estimate of drug-likeness (QED) is 0.419. The van der Waals surface area contributed by atoms with Crippen molar-refractivity contribution in [3.63, 3.8) is 0 Å². The Morgan fingerprint density at radius 1 is 0.892 bits per heavy atom. The summed E-state index contributed by atoms with van der Waals surface area (Å²) in [4.78, 5) is 28.3. The van der Waals surface area contributed by atoms with E-state index in [2.05, 4.69) is 5.32 Å². The molecule has 3 aromatic rings. The number of hydrogen-bond acceptors (Lipinski definition) is 4. The van der Waals surface area contributed by atoms with Crippen molar-refractivity contribution in [2.24, 2.45) is 0 Å². The molecule has 37 heavy (non-hydrogen) atoms. The number of nitrogens with zero attached hydrogens (tertiary/aromatic N) is 2. The molecule has 1 atom stereocenters. The Morgan fingerprint density at radius 3 is 1.97 bits per heavy atom. The summed E-state index contributed by atoms with van der Waals surface area (Å²) in [6, 6.07) is 22.5. The lowest BCUT2D eigenvalue weighted by Crippen LogP contribution is -2.54. The number of hydrogen-bond donors (Lipinski definition) is 1. The number of carbonyl (C=O) groups excluding carboxylic acids is 2. The van der Waals surface area contributed by atoms with Gasteiger partial charge in [0.1, 0.15) is 12.6 Å². The fourth-order valence-corrected chi connectivity index (χ4v) is 5.25. The predicted molar refractivity (Wildman–Crippen MR) is 147 cm³/mol. The number of sulfonamides is 1. The molecule has 0 unspecified atom stereocenters. The summed E-state index contributed by atoms with van der Waals surface area (Å²) in [6.07, 6.45) is 0. The summed E-state index contributed by atoms with van der Waals surface area (Å²) in [7, 11) is -4.07. The van der Waals surface area contributed by atoms with Gasteiger partial charge in [0.2, 0.25) is 11.8 Å². The molecule has 0 aliphatic rings. The third-order valence-corrected chi connectivity index (χ3v) is 7.63. The van der Waals surface area contributed by atoms with Crippen molar-refractivity contribution in [2.45, 2.75) is 50.7 Å². The van der Waals surface area contributed by atoms with Crippen molar-refractivity contribution >= 4 is 39.1 Å². The first-order chi connectivity index (χ1) is 17.4. The summed E-state index contributed by atoms with van der Waals surface area (Å²) in [5.74, 6) is -0.859. The number of anilines is 1. The third kappa shape index (κ3) is 7.57. The first-order valence-electron chi connectivity index (χ1n) is 11.9. The summed E-state index contributed by atoms with van der Waals surface area (Å²) >= 11 is 6.02. The molecule has 196 valence electrons. The maximum absolute atomic E-state index is 13.8. The van der Waals surface area contributed by atoms with Gasteiger partial charge in [-0.15, -0.1) is 0 Å². The van der Waals surface area contributed by atoms with E-state index in [4.69, 9.17) is 11.6 Å². The Labute approximate surface area is 224 Å². The van der Waals surface area contributed by atoms with Crippen molar-refractivity contribution in [1.29, 1.82) is 0 Å². The number of rotatable bonds is 9. The molecule has 0 fully saturated rings. The van der Waals surface area contributed by atoms with Crippen molar-refractivity contribution < 1.29 is 18.0 Å². The van der Waals surface area contributed by atoms with Crippen molar-refractivity contribution in [2.75, 3.05) is 10.8 Å². The largest absolute Gasteiger partial charge is 0.350 e. The fraction of sp³-hybridized carbons (Fsp3) is 0.286. The molecule has 0 saturated carbocycles. The van der Waals surface area contributed by atoms with Crippen LogP contribution in [-0.4, -0.2) is 43.3 Å². The van der Waals surface area contributed by atoms with Crippen LogP contribution >= 0.6 is 11.6 Å². The number of carbonyl (C=O) groups is 2. The minimum Gasteiger partial charge on any atom is -0.350 e. The van der Waals surface area contributed by atoms with E-state index in [1.54, 1.807) is 79.7 Å². The van der Waals surface area contributed by atoms with Gasteiger partial charge in [-0.2, -0.15) is 0 Å². The van der Waals surface area contributed by atoms with Gasteiger partial charge in [0.15, 0.2) is 0 Å². The van der Waals surface area contributed by atoms with Gasteiger partial charge in [0, 0.05) is 17.1 Å². The first-order valence-corrected chi connectivity index (χ1v) is 13.7. The lowest BCUT2D eigenvalue weighted by Gasteiger charge is -2.33. The second-order valence-corrected chi connectivity index (χ2v) is 12.0. The molecule has 3 rings (SSSR count). The fourth-order valence-electron chi connectivity index (χ4n) is 3.69. The van der Waals surface area contributed by atoms with Crippen molar-refractivity contribution in [3.8, 4) is 0 Å². The molecule has 0 aliphatic carbocycles. The van der Waals surface area contributed by atoms with Gasteiger partial charge in [-0.25, -0.2) is 8.42 Å². The van der Waals surface area contributed by atoms with Crippen LogP contribution in [-0.2, 0) is 26.2 Å². The Morgan fingerprint density at radius 2 is 1.43 bits per heavy atom. The van der Waals surface area contributed by atoms with E-state index in [-0.39, 0.29) is 17.3 Å². The number of halogens is 1.